The van der Waals surface area contributed by atoms with E-state index >= 15 is 0 Å². The van der Waals surface area contributed by atoms with Crippen molar-refractivity contribution >= 4 is 17.8 Å². The van der Waals surface area contributed by atoms with Crippen LogP contribution in [-0.2, 0) is 33.3 Å². The van der Waals surface area contributed by atoms with Crippen molar-refractivity contribution in [3.63, 3.8) is 0 Å². The largest absolute Gasteiger partial charge is 0.458 e. The molecule has 3 saturated heterocycles. The number of carbonyl (C=O) groups is 3. The van der Waals surface area contributed by atoms with Gasteiger partial charge in [0.2, 0.25) is 0 Å². The first-order valence-corrected chi connectivity index (χ1v) is 16.0. The molecule has 12 heteroatoms. The molecule has 3 heterocycles. The molecule has 14 atom stereocenters. The minimum atomic E-state index is -1.82. The number of ether oxygens (including phenoxy) is 5. The predicted molar refractivity (Wildman–Crippen MR) is 165 cm³/mol. The molecule has 0 unspecified atom stereocenters. The van der Waals surface area contributed by atoms with Gasteiger partial charge in [-0.25, -0.2) is 4.79 Å². The summed E-state index contributed by atoms with van der Waals surface area (Å²) in [7, 11) is 5.19. The van der Waals surface area contributed by atoms with Crippen LogP contribution in [0, 0.1) is 36.0 Å². The molecule has 3 aliphatic heterocycles. The van der Waals surface area contributed by atoms with Crippen molar-refractivity contribution in [3.05, 3.63) is 0 Å². The lowest BCUT2D eigenvalue weighted by Gasteiger charge is -2.49. The zero-order valence-electron chi connectivity index (χ0n) is 28.7. The molecule has 0 aromatic rings. The third kappa shape index (κ3) is 6.90. The predicted octanol–water partition coefficient (Wildman–Crippen LogP) is 2.27. The van der Waals surface area contributed by atoms with Crippen molar-refractivity contribution in [2.45, 2.75) is 134 Å². The number of Topliss-reactive ketones (excluding diaryl/α,β-unsaturated/α-hetero) is 1. The molecule has 3 fully saturated rings. The molecule has 12 nitrogen and oxygen atoms in total. The van der Waals surface area contributed by atoms with Crippen LogP contribution in [0.4, 0.5) is 4.79 Å². The van der Waals surface area contributed by atoms with Gasteiger partial charge < -0.3 is 44.1 Å². The number of esters is 1. The number of alkyl carbamates (subject to hydrolysis) is 1. The first-order valence-electron chi connectivity index (χ1n) is 16.0. The second kappa shape index (κ2) is 13.8. The summed E-state index contributed by atoms with van der Waals surface area (Å²) >= 11 is 0. The molecular weight excluding hydrogens is 584 g/mol. The molecule has 0 saturated carbocycles. The van der Waals surface area contributed by atoms with Gasteiger partial charge in [0.25, 0.3) is 0 Å². The van der Waals surface area contributed by atoms with Gasteiger partial charge in [0.05, 0.1) is 23.9 Å². The van der Waals surface area contributed by atoms with Crippen molar-refractivity contribution < 1.29 is 48.3 Å². The summed E-state index contributed by atoms with van der Waals surface area (Å²) in [6.07, 6.45) is 1.81. The van der Waals surface area contributed by atoms with Gasteiger partial charge >= 0.3 is 12.1 Å². The number of hydrogen-bond acceptors (Lipinski definition) is 11. The topological polar surface area (TPSA) is 153 Å². The number of nitrogens with zero attached hydrogens (tertiary/aromatic N) is 1. The zero-order valence-corrected chi connectivity index (χ0v) is 28.7. The van der Waals surface area contributed by atoms with Crippen molar-refractivity contribution in [2.75, 3.05) is 21.2 Å². The molecule has 0 aromatic heterocycles. The van der Waals surface area contributed by atoms with E-state index in [2.05, 4.69) is 11.2 Å². The van der Waals surface area contributed by atoms with E-state index in [0.29, 0.717) is 6.42 Å². The van der Waals surface area contributed by atoms with E-state index in [1.807, 2.05) is 25.9 Å². The number of aliphatic hydroxyl groups excluding tert-OH is 1. The number of amides is 1. The molecule has 3 aliphatic rings. The lowest BCUT2D eigenvalue weighted by Crippen LogP contribution is -2.62. The summed E-state index contributed by atoms with van der Waals surface area (Å²) in [6.45, 7) is 13.6. The molecule has 0 spiro atoms. The lowest BCUT2D eigenvalue weighted by atomic mass is 9.67. The van der Waals surface area contributed by atoms with Crippen LogP contribution in [0.25, 0.3) is 0 Å². The van der Waals surface area contributed by atoms with Crippen LogP contribution in [-0.4, -0.2) is 114 Å². The third-order valence-electron chi connectivity index (χ3n) is 10.7. The van der Waals surface area contributed by atoms with Crippen LogP contribution in [0.5, 0.6) is 0 Å². The summed E-state index contributed by atoms with van der Waals surface area (Å²) in [6, 6.07) is -1.13. The number of nitrogens with one attached hydrogen (secondary N) is 1. The maximum absolute atomic E-state index is 14.0. The summed E-state index contributed by atoms with van der Waals surface area (Å²) < 4.78 is 30.3. The van der Waals surface area contributed by atoms with E-state index in [4.69, 9.17) is 30.1 Å². The summed E-state index contributed by atoms with van der Waals surface area (Å²) in [4.78, 5) is 42.1. The molecule has 0 aliphatic carbocycles. The molecule has 3 rings (SSSR count). The minimum Gasteiger partial charge on any atom is -0.458 e. The van der Waals surface area contributed by atoms with E-state index in [1.54, 1.807) is 41.5 Å². The molecule has 256 valence electrons. The Morgan fingerprint density at radius 3 is 2.29 bits per heavy atom. The normalized spacial score (nSPS) is 46.8. The highest BCUT2D eigenvalue weighted by molar-refractivity contribution is 6.00. The monoisotopic (exact) mass is 638 g/mol. The van der Waals surface area contributed by atoms with Gasteiger partial charge in [-0.1, -0.05) is 33.6 Å². The number of likely N-dealkylation sites (N-methyl/N-ethyl adjacent to an activating group) is 1. The number of aliphatic hydroxyl groups is 2. The number of methoxy groups -OCH3 is 1. The van der Waals surface area contributed by atoms with Crippen molar-refractivity contribution in [1.29, 1.82) is 0 Å². The van der Waals surface area contributed by atoms with Gasteiger partial charge in [0.1, 0.15) is 23.7 Å². The number of ketones is 1. The standard InChI is InChI=1S/C33H54N2O10/c1-13-23-32(9)26(34-30(39)45-32)21(7)33(40,14-2)17(3)16-31(8,41-12)27(19(5)24(36)20(6)28(38)43-23)44-29-25(37)22(35(10)11)15-18(4)42-29/h2,17-23,25-27,29,37,40H,13,15-16H2,1,3-12H3,(H,34,39)/t17-,18-,19+,20-,21-,22+,23-,25-,26+,27-,29+,31-,32-,33+/m1/s1. The van der Waals surface area contributed by atoms with Gasteiger partial charge in [-0.05, 0) is 67.0 Å². The quantitative estimate of drug-likeness (QED) is 0.231. The minimum absolute atomic E-state index is 0.0978. The Morgan fingerprint density at radius 1 is 1.13 bits per heavy atom. The van der Waals surface area contributed by atoms with E-state index in [9.17, 15) is 24.6 Å². The average molecular weight is 639 g/mol. The second-order valence-electron chi connectivity index (χ2n) is 14.0. The van der Waals surface area contributed by atoms with Crippen LogP contribution in [0.1, 0.15) is 74.7 Å². The maximum Gasteiger partial charge on any atom is 0.408 e. The summed E-state index contributed by atoms with van der Waals surface area (Å²) in [5, 5.41) is 26.3. The fraction of sp³-hybridized carbons (Fsp3) is 0.848. The highest BCUT2D eigenvalue weighted by Gasteiger charge is 2.60. The molecule has 0 radical (unpaired) electrons. The number of fused-ring (bicyclic) bond motifs is 1. The Morgan fingerprint density at radius 2 is 1.76 bits per heavy atom. The number of terminal acetylenes is 1. The van der Waals surface area contributed by atoms with Gasteiger partial charge in [0, 0.05) is 25.0 Å². The maximum atomic E-state index is 14.0. The zero-order chi connectivity index (χ0) is 34.2. The Bertz CT molecular complexity index is 1140. The molecular formula is C33H54N2O10. The van der Waals surface area contributed by atoms with Gasteiger partial charge in [0.15, 0.2) is 17.7 Å². The smallest absolute Gasteiger partial charge is 0.408 e. The molecule has 45 heavy (non-hydrogen) atoms. The van der Waals surface area contributed by atoms with E-state index < -0.39 is 89.0 Å². The molecule has 1 amide bonds. The van der Waals surface area contributed by atoms with Crippen molar-refractivity contribution in [1.82, 2.24) is 10.2 Å². The Labute approximate surface area is 267 Å². The Hall–Kier alpha value is -2.27. The van der Waals surface area contributed by atoms with Gasteiger partial charge in [-0.15, -0.1) is 6.42 Å². The van der Waals surface area contributed by atoms with Crippen LogP contribution < -0.4 is 5.32 Å². The number of carbonyl (C=O) groups excluding carboxylic acids is 3. The molecule has 0 aromatic carbocycles. The first kappa shape index (κ1) is 37.2. The SMILES string of the molecule is C#C[C@]1(O)[C@H](C)C[C@@](C)(OC)[C@H](O[C@@H]2O[C@H](C)C[C@H](N(C)C)[C@H]2O)[C@@H](C)C(=O)[C@@H](C)C(=O)O[C@H](CC)[C@@]2(C)OC(=O)N[C@H]2[C@H]1C. The second-order valence-corrected chi connectivity index (χ2v) is 14.0. The summed E-state index contributed by atoms with van der Waals surface area (Å²) in [5.74, 6) is -2.32. The van der Waals surface area contributed by atoms with E-state index in [0.717, 1.165) is 0 Å². The van der Waals surface area contributed by atoms with E-state index in [-0.39, 0.29) is 25.0 Å². The first-order chi connectivity index (χ1) is 20.8. The van der Waals surface area contributed by atoms with E-state index in [1.165, 1.54) is 14.0 Å². The molecule has 0 bridgehead atoms. The van der Waals surface area contributed by atoms with Gasteiger partial charge in [-0.3, -0.25) is 9.59 Å². The number of hydrogen-bond donors (Lipinski definition) is 3. The lowest BCUT2D eigenvalue weighted by molar-refractivity contribution is -0.296. The average Bonchev–Trinajstić information content (AvgIpc) is 3.31. The Balaban J connectivity index is 2.17. The fourth-order valence-electron chi connectivity index (χ4n) is 7.60. The van der Waals surface area contributed by atoms with Crippen LogP contribution >= 0.6 is 0 Å². The summed E-state index contributed by atoms with van der Waals surface area (Å²) in [5.41, 5.74) is -4.50. The molecule has 3 N–H and O–H groups in total. The van der Waals surface area contributed by atoms with Gasteiger partial charge in [-0.2, -0.15) is 0 Å². The Kier molecular flexibility index (Phi) is 11.4. The number of cyclic esters (lactones) is 1. The van der Waals surface area contributed by atoms with Crippen LogP contribution in [0.2, 0.25) is 0 Å². The van der Waals surface area contributed by atoms with Crippen molar-refractivity contribution in [2.24, 2.45) is 23.7 Å². The van der Waals surface area contributed by atoms with Crippen molar-refractivity contribution in [3.8, 4) is 12.3 Å². The highest BCUT2D eigenvalue weighted by Crippen LogP contribution is 2.44. The van der Waals surface area contributed by atoms with Crippen LogP contribution in [0.3, 0.4) is 0 Å². The van der Waals surface area contributed by atoms with Crippen LogP contribution in [0.15, 0.2) is 0 Å². The number of rotatable bonds is 5. The fourth-order valence-corrected chi connectivity index (χ4v) is 7.60. The third-order valence-corrected chi connectivity index (χ3v) is 10.7. The highest BCUT2D eigenvalue weighted by atomic mass is 16.7.